The molecular weight excluding hydrogens is 296 g/mol. The molecule has 5 heteroatoms. The number of benzene rings is 1. The molecule has 0 bridgehead atoms. The van der Waals surface area contributed by atoms with Crippen LogP contribution in [0.5, 0.6) is 5.75 Å². The SMILES string of the molecule is Cc1cc(OC(F)(F)F)ccc1I. The predicted octanol–water partition coefficient (Wildman–Crippen LogP) is 3.50. The summed E-state index contributed by atoms with van der Waals surface area (Å²) in [5, 5.41) is 0. The number of rotatable bonds is 1. The molecule has 0 atom stereocenters. The molecule has 13 heavy (non-hydrogen) atoms. The Bertz CT molecular complexity index is 309. The Hall–Kier alpha value is -0.460. The van der Waals surface area contributed by atoms with Crippen LogP contribution in [0.4, 0.5) is 13.2 Å². The van der Waals surface area contributed by atoms with E-state index in [4.69, 9.17) is 0 Å². The summed E-state index contributed by atoms with van der Waals surface area (Å²) < 4.78 is 39.9. The number of alkyl halides is 3. The monoisotopic (exact) mass is 302 g/mol. The highest BCUT2D eigenvalue weighted by Gasteiger charge is 2.31. The number of halogens is 4. The van der Waals surface area contributed by atoms with Gasteiger partial charge in [0.05, 0.1) is 0 Å². The van der Waals surface area contributed by atoms with Crippen LogP contribution in [0.15, 0.2) is 18.2 Å². The Morgan fingerprint density at radius 3 is 2.38 bits per heavy atom. The molecule has 0 aliphatic carbocycles. The zero-order valence-electron chi connectivity index (χ0n) is 6.65. The van der Waals surface area contributed by atoms with Crippen LogP contribution in [0.3, 0.4) is 0 Å². The van der Waals surface area contributed by atoms with Crippen LogP contribution in [0, 0.1) is 10.5 Å². The van der Waals surface area contributed by atoms with Gasteiger partial charge in [-0.3, -0.25) is 0 Å². The van der Waals surface area contributed by atoms with Crippen molar-refractivity contribution in [3.05, 3.63) is 27.3 Å². The van der Waals surface area contributed by atoms with E-state index in [0.29, 0.717) is 0 Å². The number of hydrogen-bond acceptors (Lipinski definition) is 1. The van der Waals surface area contributed by atoms with Crippen LogP contribution >= 0.6 is 22.6 Å². The second-order valence-corrected chi connectivity index (χ2v) is 3.62. The van der Waals surface area contributed by atoms with Crippen molar-refractivity contribution in [2.45, 2.75) is 13.3 Å². The summed E-state index contributed by atoms with van der Waals surface area (Å²) in [6.07, 6.45) is -4.61. The first-order valence-electron chi connectivity index (χ1n) is 3.40. The molecular formula is C8H6F3IO. The molecule has 1 rings (SSSR count). The Morgan fingerprint density at radius 2 is 1.92 bits per heavy atom. The second kappa shape index (κ2) is 3.73. The number of hydrogen-bond donors (Lipinski definition) is 0. The molecule has 0 saturated heterocycles. The maximum absolute atomic E-state index is 11.7. The first-order chi connectivity index (χ1) is 5.88. The van der Waals surface area contributed by atoms with Gasteiger partial charge in [0.15, 0.2) is 0 Å². The second-order valence-electron chi connectivity index (χ2n) is 2.46. The molecule has 0 heterocycles. The fourth-order valence-electron chi connectivity index (χ4n) is 0.814. The number of aryl methyl sites for hydroxylation is 1. The molecule has 72 valence electrons. The third kappa shape index (κ3) is 3.41. The van der Waals surface area contributed by atoms with Crippen LogP contribution in [0.2, 0.25) is 0 Å². The van der Waals surface area contributed by atoms with Crippen molar-refractivity contribution in [2.75, 3.05) is 0 Å². The summed E-state index contributed by atoms with van der Waals surface area (Å²) in [7, 11) is 0. The zero-order valence-corrected chi connectivity index (χ0v) is 8.81. The van der Waals surface area contributed by atoms with Gasteiger partial charge in [0.25, 0.3) is 0 Å². The smallest absolute Gasteiger partial charge is 0.406 e. The predicted molar refractivity (Wildman–Crippen MR) is 50.6 cm³/mol. The Labute approximate surface area is 87.0 Å². The van der Waals surface area contributed by atoms with Gasteiger partial charge in [0.2, 0.25) is 0 Å². The maximum Gasteiger partial charge on any atom is 0.573 e. The molecule has 0 unspecified atom stereocenters. The first-order valence-corrected chi connectivity index (χ1v) is 4.48. The fraction of sp³-hybridized carbons (Fsp3) is 0.250. The lowest BCUT2D eigenvalue weighted by atomic mass is 10.2. The molecule has 1 aromatic carbocycles. The number of ether oxygens (including phenoxy) is 1. The molecule has 0 aromatic heterocycles. The molecule has 0 spiro atoms. The molecule has 0 aliphatic heterocycles. The summed E-state index contributed by atoms with van der Waals surface area (Å²) in [5.41, 5.74) is 0.766. The van der Waals surface area contributed by atoms with Gasteiger partial charge < -0.3 is 4.74 Å². The largest absolute Gasteiger partial charge is 0.573 e. The fourth-order valence-corrected chi connectivity index (χ4v) is 1.15. The Balaban J connectivity index is 2.86. The van der Waals surface area contributed by atoms with E-state index in [1.807, 2.05) is 22.6 Å². The molecule has 0 N–H and O–H groups in total. The summed E-state index contributed by atoms with van der Waals surface area (Å²) in [6, 6.07) is 4.23. The maximum atomic E-state index is 11.7. The van der Waals surface area contributed by atoms with E-state index < -0.39 is 6.36 Å². The Kier molecular flexibility index (Phi) is 3.05. The van der Waals surface area contributed by atoms with E-state index in [9.17, 15) is 13.2 Å². The van der Waals surface area contributed by atoms with Crippen molar-refractivity contribution in [3.8, 4) is 5.75 Å². The standard InChI is InChI=1S/C8H6F3IO/c1-5-4-6(2-3-7(5)12)13-8(9,10)11/h2-4H,1H3. The van der Waals surface area contributed by atoms with E-state index in [1.165, 1.54) is 12.1 Å². The van der Waals surface area contributed by atoms with Gasteiger partial charge in [-0.15, -0.1) is 13.2 Å². The van der Waals surface area contributed by atoms with Gasteiger partial charge in [0.1, 0.15) is 5.75 Å². The van der Waals surface area contributed by atoms with Crippen molar-refractivity contribution in [1.82, 2.24) is 0 Å². The molecule has 0 aliphatic rings. The molecule has 0 amide bonds. The topological polar surface area (TPSA) is 9.23 Å². The lowest BCUT2D eigenvalue weighted by molar-refractivity contribution is -0.274. The quantitative estimate of drug-likeness (QED) is 0.722. The van der Waals surface area contributed by atoms with Gasteiger partial charge in [-0.05, 0) is 53.3 Å². The minimum Gasteiger partial charge on any atom is -0.406 e. The van der Waals surface area contributed by atoms with E-state index in [-0.39, 0.29) is 5.75 Å². The van der Waals surface area contributed by atoms with Crippen molar-refractivity contribution in [3.63, 3.8) is 0 Å². The normalized spacial score (nSPS) is 11.5. The lowest BCUT2D eigenvalue weighted by Crippen LogP contribution is -2.17. The molecule has 0 saturated carbocycles. The van der Waals surface area contributed by atoms with Gasteiger partial charge >= 0.3 is 6.36 Å². The average Bonchev–Trinajstić information content (AvgIpc) is 1.94. The van der Waals surface area contributed by atoms with E-state index in [1.54, 1.807) is 13.0 Å². The molecule has 1 nitrogen and oxygen atoms in total. The molecule has 0 radical (unpaired) electrons. The summed E-state index contributed by atoms with van der Waals surface area (Å²) in [6.45, 7) is 1.73. The zero-order chi connectivity index (χ0) is 10.1. The van der Waals surface area contributed by atoms with Gasteiger partial charge in [-0.25, -0.2) is 0 Å². The lowest BCUT2D eigenvalue weighted by Gasteiger charge is -2.09. The highest BCUT2D eigenvalue weighted by atomic mass is 127. The summed E-state index contributed by atoms with van der Waals surface area (Å²) in [5.74, 6) is -0.176. The minimum atomic E-state index is -4.61. The van der Waals surface area contributed by atoms with Crippen LogP contribution in [0.25, 0.3) is 0 Å². The molecule has 0 fully saturated rings. The van der Waals surface area contributed by atoms with E-state index in [2.05, 4.69) is 4.74 Å². The Morgan fingerprint density at radius 1 is 1.31 bits per heavy atom. The van der Waals surface area contributed by atoms with Gasteiger partial charge in [-0.1, -0.05) is 0 Å². The first kappa shape index (κ1) is 10.6. The molecule has 1 aromatic rings. The van der Waals surface area contributed by atoms with Crippen molar-refractivity contribution in [2.24, 2.45) is 0 Å². The minimum absolute atomic E-state index is 0.176. The highest BCUT2D eigenvalue weighted by molar-refractivity contribution is 14.1. The van der Waals surface area contributed by atoms with E-state index in [0.717, 1.165) is 9.13 Å². The van der Waals surface area contributed by atoms with Crippen LogP contribution in [-0.4, -0.2) is 6.36 Å². The summed E-state index contributed by atoms with van der Waals surface area (Å²) >= 11 is 2.04. The van der Waals surface area contributed by atoms with Crippen LogP contribution in [0.1, 0.15) is 5.56 Å². The van der Waals surface area contributed by atoms with Crippen molar-refractivity contribution < 1.29 is 17.9 Å². The third-order valence-corrected chi connectivity index (χ3v) is 2.57. The van der Waals surface area contributed by atoms with Crippen molar-refractivity contribution in [1.29, 1.82) is 0 Å². The van der Waals surface area contributed by atoms with Gasteiger partial charge in [0, 0.05) is 3.57 Å². The summed E-state index contributed by atoms with van der Waals surface area (Å²) in [4.78, 5) is 0. The van der Waals surface area contributed by atoms with Crippen LogP contribution in [-0.2, 0) is 0 Å². The highest BCUT2D eigenvalue weighted by Crippen LogP contribution is 2.25. The van der Waals surface area contributed by atoms with Crippen LogP contribution < -0.4 is 4.74 Å². The van der Waals surface area contributed by atoms with Gasteiger partial charge in [-0.2, -0.15) is 0 Å². The van der Waals surface area contributed by atoms with E-state index >= 15 is 0 Å². The third-order valence-electron chi connectivity index (χ3n) is 1.36. The average molecular weight is 302 g/mol. The van der Waals surface area contributed by atoms with Crippen molar-refractivity contribution >= 4 is 22.6 Å².